The molecule has 2 aromatic heterocycles. The molecular formula is C20H18N4O2S. The van der Waals surface area contributed by atoms with Crippen LogP contribution in [-0.2, 0) is 11.2 Å². The molecule has 3 heterocycles. The fraction of sp³-hybridized carbons (Fsp3) is 0.200. The van der Waals surface area contributed by atoms with E-state index in [9.17, 15) is 9.59 Å². The van der Waals surface area contributed by atoms with Crippen molar-refractivity contribution in [2.45, 2.75) is 26.3 Å². The Kier molecular flexibility index (Phi) is 4.45. The lowest BCUT2D eigenvalue weighted by Gasteiger charge is -2.20. The number of hydrogen-bond acceptors (Lipinski definition) is 5. The quantitative estimate of drug-likeness (QED) is 0.753. The summed E-state index contributed by atoms with van der Waals surface area (Å²) in [5, 5.41) is 5.29. The van der Waals surface area contributed by atoms with E-state index in [0.29, 0.717) is 10.7 Å². The molecule has 1 N–H and O–H groups in total. The summed E-state index contributed by atoms with van der Waals surface area (Å²) < 4.78 is 0. The van der Waals surface area contributed by atoms with Crippen LogP contribution in [0.3, 0.4) is 0 Å². The van der Waals surface area contributed by atoms with Crippen LogP contribution in [0.2, 0.25) is 0 Å². The Morgan fingerprint density at radius 1 is 1.22 bits per heavy atom. The molecule has 1 unspecified atom stereocenters. The first-order valence-corrected chi connectivity index (χ1v) is 9.51. The van der Waals surface area contributed by atoms with E-state index < -0.39 is 0 Å². The maximum absolute atomic E-state index is 12.2. The van der Waals surface area contributed by atoms with Crippen molar-refractivity contribution in [3.8, 4) is 11.3 Å². The van der Waals surface area contributed by atoms with Crippen molar-refractivity contribution in [2.24, 2.45) is 0 Å². The van der Waals surface area contributed by atoms with Crippen molar-refractivity contribution in [2.75, 3.05) is 10.2 Å². The predicted octanol–water partition coefficient (Wildman–Crippen LogP) is 3.75. The molecule has 1 aliphatic heterocycles. The Morgan fingerprint density at radius 2 is 2.00 bits per heavy atom. The van der Waals surface area contributed by atoms with E-state index in [1.807, 2.05) is 22.4 Å². The third-order valence-electron chi connectivity index (χ3n) is 4.60. The molecule has 1 atom stereocenters. The SMILES string of the molecule is CC(=O)N1c2ccc(-c3csc(NC(=O)c4ccncc4)n3)cc2CC1C. The third kappa shape index (κ3) is 3.33. The highest BCUT2D eigenvalue weighted by molar-refractivity contribution is 7.14. The lowest BCUT2D eigenvalue weighted by atomic mass is 10.1. The molecule has 0 aliphatic carbocycles. The molecule has 0 radical (unpaired) electrons. The number of carbonyl (C=O) groups is 2. The smallest absolute Gasteiger partial charge is 0.257 e. The molecule has 2 amide bonds. The average Bonchev–Trinajstić information content (AvgIpc) is 3.25. The minimum absolute atomic E-state index is 0.0590. The molecule has 7 heteroatoms. The van der Waals surface area contributed by atoms with Crippen LogP contribution in [-0.4, -0.2) is 27.8 Å². The van der Waals surface area contributed by atoms with Crippen molar-refractivity contribution in [1.29, 1.82) is 0 Å². The van der Waals surface area contributed by atoms with Crippen LogP contribution in [0.1, 0.15) is 29.8 Å². The molecule has 0 saturated carbocycles. The van der Waals surface area contributed by atoms with Crippen molar-refractivity contribution in [3.05, 3.63) is 59.2 Å². The number of rotatable bonds is 3. The van der Waals surface area contributed by atoms with Gasteiger partial charge in [0.2, 0.25) is 5.91 Å². The van der Waals surface area contributed by atoms with Crippen molar-refractivity contribution in [1.82, 2.24) is 9.97 Å². The first kappa shape index (κ1) is 17.4. The predicted molar refractivity (Wildman–Crippen MR) is 106 cm³/mol. The highest BCUT2D eigenvalue weighted by atomic mass is 32.1. The summed E-state index contributed by atoms with van der Waals surface area (Å²) in [5.74, 6) is -0.151. The van der Waals surface area contributed by atoms with Gasteiger partial charge in [-0.05, 0) is 43.2 Å². The van der Waals surface area contributed by atoms with Gasteiger partial charge in [0.1, 0.15) is 0 Å². The van der Waals surface area contributed by atoms with Crippen LogP contribution in [0.5, 0.6) is 0 Å². The zero-order chi connectivity index (χ0) is 19.0. The van der Waals surface area contributed by atoms with Gasteiger partial charge in [0.05, 0.1) is 5.69 Å². The number of pyridine rings is 1. The van der Waals surface area contributed by atoms with Gasteiger partial charge in [-0.15, -0.1) is 11.3 Å². The number of carbonyl (C=O) groups excluding carboxylic acids is 2. The summed E-state index contributed by atoms with van der Waals surface area (Å²) in [6.45, 7) is 3.65. The molecule has 3 aromatic rings. The first-order chi connectivity index (χ1) is 13.0. The molecule has 6 nitrogen and oxygen atoms in total. The van der Waals surface area contributed by atoms with E-state index >= 15 is 0 Å². The number of anilines is 2. The Morgan fingerprint density at radius 3 is 2.74 bits per heavy atom. The van der Waals surface area contributed by atoms with Gasteiger partial charge in [-0.25, -0.2) is 4.98 Å². The topological polar surface area (TPSA) is 75.2 Å². The number of benzene rings is 1. The van der Waals surface area contributed by atoms with Crippen LogP contribution in [0.15, 0.2) is 48.1 Å². The van der Waals surface area contributed by atoms with Crippen LogP contribution in [0.4, 0.5) is 10.8 Å². The number of hydrogen-bond donors (Lipinski definition) is 1. The van der Waals surface area contributed by atoms with E-state index in [1.54, 1.807) is 31.5 Å². The van der Waals surface area contributed by atoms with Gasteiger partial charge in [0, 0.05) is 47.6 Å². The Labute approximate surface area is 160 Å². The van der Waals surface area contributed by atoms with Gasteiger partial charge in [0.25, 0.3) is 5.91 Å². The summed E-state index contributed by atoms with van der Waals surface area (Å²) in [6, 6.07) is 9.51. The number of fused-ring (bicyclic) bond motifs is 1. The highest BCUT2D eigenvalue weighted by Gasteiger charge is 2.29. The van der Waals surface area contributed by atoms with Gasteiger partial charge in [-0.3, -0.25) is 19.9 Å². The van der Waals surface area contributed by atoms with Crippen molar-refractivity contribution >= 4 is 34.0 Å². The maximum atomic E-state index is 12.2. The lowest BCUT2D eigenvalue weighted by molar-refractivity contribution is -0.116. The molecule has 0 fully saturated rings. The highest BCUT2D eigenvalue weighted by Crippen LogP contribution is 2.36. The molecule has 1 aliphatic rings. The lowest BCUT2D eigenvalue weighted by Crippen LogP contribution is -2.33. The number of amides is 2. The second kappa shape index (κ2) is 6.92. The normalized spacial score (nSPS) is 15.5. The number of thiazole rings is 1. The van der Waals surface area contributed by atoms with Gasteiger partial charge < -0.3 is 4.90 Å². The van der Waals surface area contributed by atoms with Gasteiger partial charge in [-0.1, -0.05) is 6.07 Å². The number of aromatic nitrogens is 2. The maximum Gasteiger partial charge on any atom is 0.257 e. The summed E-state index contributed by atoms with van der Waals surface area (Å²) in [6.07, 6.45) is 3.99. The van der Waals surface area contributed by atoms with Crippen LogP contribution < -0.4 is 10.2 Å². The van der Waals surface area contributed by atoms with Gasteiger partial charge in [-0.2, -0.15) is 0 Å². The van der Waals surface area contributed by atoms with E-state index in [-0.39, 0.29) is 17.9 Å². The summed E-state index contributed by atoms with van der Waals surface area (Å²) in [5.41, 5.74) is 4.44. The molecule has 0 bridgehead atoms. The monoisotopic (exact) mass is 378 g/mol. The van der Waals surface area contributed by atoms with Gasteiger partial charge in [0.15, 0.2) is 5.13 Å². The molecule has 1 aromatic carbocycles. The average molecular weight is 378 g/mol. The second-order valence-corrected chi connectivity index (χ2v) is 7.37. The fourth-order valence-electron chi connectivity index (χ4n) is 3.41. The number of nitrogens with one attached hydrogen (secondary N) is 1. The summed E-state index contributed by atoms with van der Waals surface area (Å²) in [7, 11) is 0. The number of nitrogens with zero attached hydrogens (tertiary/aromatic N) is 3. The van der Waals surface area contributed by atoms with Gasteiger partial charge >= 0.3 is 0 Å². The van der Waals surface area contributed by atoms with Crippen LogP contribution in [0.25, 0.3) is 11.3 Å². The fourth-order valence-corrected chi connectivity index (χ4v) is 4.12. The minimum Gasteiger partial charge on any atom is -0.309 e. The molecule has 4 rings (SSSR count). The Bertz CT molecular complexity index is 1020. The second-order valence-electron chi connectivity index (χ2n) is 6.51. The van der Waals surface area contributed by atoms with Crippen molar-refractivity contribution < 1.29 is 9.59 Å². The molecular weight excluding hydrogens is 360 g/mol. The van der Waals surface area contributed by atoms with Crippen molar-refractivity contribution in [3.63, 3.8) is 0 Å². The summed E-state index contributed by atoms with van der Waals surface area (Å²) >= 11 is 1.38. The van der Waals surface area contributed by atoms with Crippen LogP contribution in [0, 0.1) is 0 Å². The molecule has 0 spiro atoms. The zero-order valence-electron chi connectivity index (χ0n) is 15.0. The Hall–Kier alpha value is -3.06. The van der Waals surface area contributed by atoms with E-state index in [4.69, 9.17) is 0 Å². The van der Waals surface area contributed by atoms with Crippen LogP contribution >= 0.6 is 11.3 Å². The largest absolute Gasteiger partial charge is 0.309 e. The zero-order valence-corrected chi connectivity index (χ0v) is 15.8. The van der Waals surface area contributed by atoms with E-state index in [0.717, 1.165) is 28.9 Å². The molecule has 0 saturated heterocycles. The summed E-state index contributed by atoms with van der Waals surface area (Å²) in [4.78, 5) is 34.4. The van der Waals surface area contributed by atoms with E-state index in [2.05, 4.69) is 28.3 Å². The van der Waals surface area contributed by atoms with E-state index in [1.165, 1.54) is 11.3 Å². The minimum atomic E-state index is -0.210. The first-order valence-electron chi connectivity index (χ1n) is 8.63. The Balaban J connectivity index is 1.55. The standard InChI is InChI=1S/C20H18N4O2S/c1-12-9-16-10-15(3-4-18(16)24(12)13(2)25)17-11-27-20(22-17)23-19(26)14-5-7-21-8-6-14/h3-8,10-12H,9H2,1-2H3,(H,22,23,26). The third-order valence-corrected chi connectivity index (χ3v) is 5.36. The molecule has 136 valence electrons. The molecule has 27 heavy (non-hydrogen) atoms.